The number of imidazole rings is 1. The second kappa shape index (κ2) is 10.4. The van der Waals surface area contributed by atoms with Gasteiger partial charge in [0.1, 0.15) is 5.82 Å². The third kappa shape index (κ3) is 5.14. The van der Waals surface area contributed by atoms with Gasteiger partial charge in [-0.15, -0.1) is 0 Å². The number of allylic oxidation sites excluding steroid dienone is 1. The Morgan fingerprint density at radius 1 is 1.12 bits per heavy atom. The van der Waals surface area contributed by atoms with E-state index in [1.807, 2.05) is 12.4 Å². The zero-order valence-electron chi connectivity index (χ0n) is 18.2. The fraction of sp³-hybridized carbons (Fsp3) is 0.455. The summed E-state index contributed by atoms with van der Waals surface area (Å²) in [6.45, 7) is 7.45. The average molecular weight is 439 g/mol. The molecule has 4 N–H and O–H groups in total. The summed E-state index contributed by atoms with van der Waals surface area (Å²) in [4.78, 5) is 20.8. The van der Waals surface area contributed by atoms with Gasteiger partial charge >= 0.3 is 0 Å². The van der Waals surface area contributed by atoms with Gasteiger partial charge in [-0.1, -0.05) is 19.4 Å². The molecule has 0 aromatic carbocycles. The summed E-state index contributed by atoms with van der Waals surface area (Å²) in [6.07, 6.45) is 8.49. The van der Waals surface area contributed by atoms with Gasteiger partial charge in [-0.05, 0) is 31.4 Å². The van der Waals surface area contributed by atoms with Crippen molar-refractivity contribution in [2.24, 2.45) is 0 Å². The molecule has 1 aliphatic heterocycles. The topological polar surface area (TPSA) is 127 Å². The number of hydroxylamine groups is 1. The number of aryl methyl sites for hydroxylation is 1. The summed E-state index contributed by atoms with van der Waals surface area (Å²) in [5, 5.41) is 8.81. The van der Waals surface area contributed by atoms with Crippen LogP contribution in [0.15, 0.2) is 36.9 Å². The highest BCUT2D eigenvalue weighted by atomic mass is 16.5. The van der Waals surface area contributed by atoms with Crippen LogP contribution in [0.2, 0.25) is 0 Å². The number of ether oxygens (including phenoxy) is 1. The Bertz CT molecular complexity index is 1040. The van der Waals surface area contributed by atoms with Crippen molar-refractivity contribution in [3.8, 4) is 11.4 Å². The van der Waals surface area contributed by atoms with Crippen LogP contribution in [-0.4, -0.2) is 56.0 Å². The lowest BCUT2D eigenvalue weighted by Crippen LogP contribution is -2.37. The number of anilines is 2. The van der Waals surface area contributed by atoms with Crippen LogP contribution < -0.4 is 16.1 Å². The Morgan fingerprint density at radius 3 is 2.69 bits per heavy atom. The van der Waals surface area contributed by atoms with Gasteiger partial charge in [0.25, 0.3) is 0 Å². The van der Waals surface area contributed by atoms with E-state index in [1.165, 1.54) is 0 Å². The Labute approximate surface area is 187 Å². The smallest absolute Gasteiger partial charge is 0.166 e. The zero-order chi connectivity index (χ0) is 22.3. The van der Waals surface area contributed by atoms with Crippen LogP contribution in [0, 0.1) is 0 Å². The maximum absolute atomic E-state index is 8.81. The fourth-order valence-electron chi connectivity index (χ4n) is 3.79. The van der Waals surface area contributed by atoms with Gasteiger partial charge in [0.15, 0.2) is 22.8 Å². The van der Waals surface area contributed by atoms with E-state index in [1.54, 1.807) is 12.3 Å². The number of hydrogen-bond acceptors (Lipinski definition) is 9. The maximum Gasteiger partial charge on any atom is 0.166 e. The van der Waals surface area contributed by atoms with Crippen LogP contribution in [0.3, 0.4) is 0 Å². The SMILES string of the molecule is C=C(CCCCCCn1cnc2c(N3CCOCC3)nc(-c3ccc(N)nc3)nc21)NO. The van der Waals surface area contributed by atoms with Crippen molar-refractivity contribution in [2.45, 2.75) is 38.6 Å². The number of morpholine rings is 1. The van der Waals surface area contributed by atoms with Crippen molar-refractivity contribution < 1.29 is 9.94 Å². The van der Waals surface area contributed by atoms with E-state index in [-0.39, 0.29) is 0 Å². The molecule has 170 valence electrons. The molecule has 0 aliphatic carbocycles. The van der Waals surface area contributed by atoms with Crippen molar-refractivity contribution in [3.63, 3.8) is 0 Å². The summed E-state index contributed by atoms with van der Waals surface area (Å²) in [6, 6.07) is 3.65. The summed E-state index contributed by atoms with van der Waals surface area (Å²) in [5.41, 5.74) is 11.0. The lowest BCUT2D eigenvalue weighted by atomic mass is 10.1. The molecule has 4 rings (SSSR count). The molecule has 0 saturated carbocycles. The van der Waals surface area contributed by atoms with Gasteiger partial charge in [-0.3, -0.25) is 10.7 Å². The molecule has 0 bridgehead atoms. The molecule has 1 fully saturated rings. The molecule has 0 atom stereocenters. The van der Waals surface area contributed by atoms with Crippen LogP contribution in [0.5, 0.6) is 0 Å². The van der Waals surface area contributed by atoms with E-state index < -0.39 is 0 Å². The van der Waals surface area contributed by atoms with Crippen LogP contribution in [0.1, 0.15) is 32.1 Å². The minimum absolute atomic E-state index is 0.464. The van der Waals surface area contributed by atoms with Crippen molar-refractivity contribution >= 4 is 22.8 Å². The summed E-state index contributed by atoms with van der Waals surface area (Å²) in [7, 11) is 0. The van der Waals surface area contributed by atoms with Crippen LogP contribution >= 0.6 is 0 Å². The molecule has 0 radical (unpaired) electrons. The Kier molecular flexibility index (Phi) is 7.13. The Morgan fingerprint density at radius 2 is 1.94 bits per heavy atom. The molecule has 0 unspecified atom stereocenters. The first-order chi connectivity index (χ1) is 15.7. The number of nitrogens with one attached hydrogen (secondary N) is 1. The number of nitrogens with zero attached hydrogens (tertiary/aromatic N) is 6. The molecule has 4 heterocycles. The molecule has 32 heavy (non-hydrogen) atoms. The van der Waals surface area contributed by atoms with Gasteiger partial charge in [0, 0.05) is 37.1 Å². The second-order valence-corrected chi connectivity index (χ2v) is 7.93. The number of hydrogen-bond donors (Lipinski definition) is 3. The molecule has 3 aromatic rings. The van der Waals surface area contributed by atoms with Crippen LogP contribution in [0.25, 0.3) is 22.6 Å². The van der Waals surface area contributed by atoms with Crippen molar-refractivity contribution in [2.75, 3.05) is 36.9 Å². The van der Waals surface area contributed by atoms with Crippen molar-refractivity contribution in [3.05, 3.63) is 36.9 Å². The van der Waals surface area contributed by atoms with Gasteiger partial charge in [0.2, 0.25) is 0 Å². The highest BCUT2D eigenvalue weighted by Crippen LogP contribution is 2.27. The molecule has 10 nitrogen and oxygen atoms in total. The number of pyridine rings is 1. The molecule has 0 amide bonds. The van der Waals surface area contributed by atoms with Gasteiger partial charge in [-0.25, -0.2) is 19.9 Å². The lowest BCUT2D eigenvalue weighted by molar-refractivity contribution is 0.122. The van der Waals surface area contributed by atoms with Crippen molar-refractivity contribution in [1.82, 2.24) is 30.0 Å². The van der Waals surface area contributed by atoms with E-state index in [2.05, 4.69) is 31.5 Å². The monoisotopic (exact) mass is 438 g/mol. The first-order valence-corrected chi connectivity index (χ1v) is 11.0. The summed E-state index contributed by atoms with van der Waals surface area (Å²) >= 11 is 0. The molecule has 1 aliphatic rings. The lowest BCUT2D eigenvalue weighted by Gasteiger charge is -2.28. The minimum atomic E-state index is 0.464. The van der Waals surface area contributed by atoms with E-state index >= 15 is 0 Å². The van der Waals surface area contributed by atoms with Crippen molar-refractivity contribution in [1.29, 1.82) is 0 Å². The standard InChI is InChI=1S/C22H30N8O2/c1-16(28-31)6-4-2-3-5-9-30-15-25-19-21(29-10-12-32-13-11-29)26-20(27-22(19)30)17-7-8-18(23)24-14-17/h7-8,14-15,28,31H,1-6,9-13H2,(H2,23,24). The van der Waals surface area contributed by atoms with E-state index in [0.717, 1.165) is 74.3 Å². The summed E-state index contributed by atoms with van der Waals surface area (Å²) in [5.74, 6) is 1.91. The van der Waals surface area contributed by atoms with Gasteiger partial charge in [-0.2, -0.15) is 0 Å². The number of fused-ring (bicyclic) bond motifs is 1. The first kappa shape index (κ1) is 22.0. The quantitative estimate of drug-likeness (QED) is 0.323. The number of rotatable bonds is 10. The third-order valence-corrected chi connectivity index (χ3v) is 5.59. The number of nitrogens with two attached hydrogens (primary N) is 1. The fourth-order valence-corrected chi connectivity index (χ4v) is 3.79. The first-order valence-electron chi connectivity index (χ1n) is 11.0. The number of nitrogen functional groups attached to an aromatic ring is 1. The van der Waals surface area contributed by atoms with E-state index in [9.17, 15) is 0 Å². The highest BCUT2D eigenvalue weighted by Gasteiger charge is 2.21. The Balaban J connectivity index is 1.55. The molecule has 3 aromatic heterocycles. The normalized spacial score (nSPS) is 14.1. The predicted molar refractivity (Wildman–Crippen MR) is 123 cm³/mol. The van der Waals surface area contributed by atoms with Gasteiger partial charge < -0.3 is 19.9 Å². The minimum Gasteiger partial charge on any atom is -0.384 e. The predicted octanol–water partition coefficient (Wildman–Crippen LogP) is 2.75. The molecular formula is C22H30N8O2. The van der Waals surface area contributed by atoms with Crippen LogP contribution in [-0.2, 0) is 11.3 Å². The second-order valence-electron chi connectivity index (χ2n) is 7.93. The number of unbranched alkanes of at least 4 members (excludes halogenated alkanes) is 3. The van der Waals surface area contributed by atoms with E-state index in [0.29, 0.717) is 30.6 Å². The highest BCUT2D eigenvalue weighted by molar-refractivity contribution is 5.85. The zero-order valence-corrected chi connectivity index (χ0v) is 18.2. The van der Waals surface area contributed by atoms with Gasteiger partial charge in [0.05, 0.1) is 19.5 Å². The average Bonchev–Trinajstić information content (AvgIpc) is 3.24. The number of aromatic nitrogens is 5. The largest absolute Gasteiger partial charge is 0.384 e. The summed E-state index contributed by atoms with van der Waals surface area (Å²) < 4.78 is 7.62. The third-order valence-electron chi connectivity index (χ3n) is 5.59. The maximum atomic E-state index is 8.81. The molecule has 1 saturated heterocycles. The molecule has 10 heteroatoms. The van der Waals surface area contributed by atoms with E-state index in [4.69, 9.17) is 25.6 Å². The molecular weight excluding hydrogens is 408 g/mol. The van der Waals surface area contributed by atoms with Crippen LogP contribution in [0.4, 0.5) is 11.6 Å². The molecule has 0 spiro atoms. The Hall–Kier alpha value is -3.24.